The molecule has 1 N–H and O–H groups in total. The van der Waals surface area contributed by atoms with E-state index in [2.05, 4.69) is 29.4 Å². The molecule has 1 saturated heterocycles. The van der Waals surface area contributed by atoms with Crippen LogP contribution in [0.25, 0.3) is 0 Å². The quantitative estimate of drug-likeness (QED) is 0.852. The number of hydrogen-bond donors (Lipinski definition) is 1. The molecule has 2 heterocycles. The van der Waals surface area contributed by atoms with Crippen LogP contribution in [0.2, 0.25) is 0 Å². The molecule has 6 nitrogen and oxygen atoms in total. The normalized spacial score (nSPS) is 19.4. The Balaban J connectivity index is 1.98. The van der Waals surface area contributed by atoms with Crippen molar-refractivity contribution in [3.8, 4) is 0 Å². The molecule has 1 aliphatic heterocycles. The highest BCUT2D eigenvalue weighted by molar-refractivity contribution is 5.80. The molecule has 1 atom stereocenters. The minimum Gasteiger partial charge on any atom is -0.381 e. The van der Waals surface area contributed by atoms with Crippen LogP contribution in [0.1, 0.15) is 32.2 Å². The Morgan fingerprint density at radius 1 is 1.48 bits per heavy atom. The van der Waals surface area contributed by atoms with Gasteiger partial charge in [-0.3, -0.25) is 9.48 Å². The molecule has 118 valence electrons. The average Bonchev–Trinajstić information content (AvgIpc) is 3.01. The minimum atomic E-state index is -0.237. The Labute approximate surface area is 126 Å². The van der Waals surface area contributed by atoms with Crippen LogP contribution in [0.15, 0.2) is 18.5 Å². The zero-order valence-electron chi connectivity index (χ0n) is 13.2. The van der Waals surface area contributed by atoms with Crippen LogP contribution < -0.4 is 5.32 Å². The Hall–Kier alpha value is -1.40. The van der Waals surface area contributed by atoms with E-state index < -0.39 is 0 Å². The Morgan fingerprint density at radius 2 is 2.19 bits per heavy atom. The van der Waals surface area contributed by atoms with Crippen molar-refractivity contribution in [3.63, 3.8) is 0 Å². The van der Waals surface area contributed by atoms with Gasteiger partial charge in [0, 0.05) is 37.7 Å². The number of rotatable bonds is 6. The van der Waals surface area contributed by atoms with E-state index in [9.17, 15) is 4.79 Å². The first kappa shape index (κ1) is 16.0. The largest absolute Gasteiger partial charge is 0.381 e. The summed E-state index contributed by atoms with van der Waals surface area (Å²) in [5.41, 5.74) is -0.00365. The van der Waals surface area contributed by atoms with Crippen molar-refractivity contribution < 1.29 is 9.53 Å². The van der Waals surface area contributed by atoms with E-state index >= 15 is 0 Å². The Bertz CT molecular complexity index is 439. The lowest BCUT2D eigenvalue weighted by molar-refractivity contribution is -0.125. The Kier molecular flexibility index (Phi) is 5.36. The molecule has 2 rings (SSSR count). The van der Waals surface area contributed by atoms with Crippen molar-refractivity contribution in [1.82, 2.24) is 20.0 Å². The standard InChI is InChI=1S/C15H26N4O2/c1-4-13(19-9-5-8-17-19)14(20)16-12-15(18(2)3)6-10-21-11-7-15/h5,8-9,13H,4,6-7,10-12H2,1-3H3,(H,16,20)/t13-/m0/s1. The molecule has 1 aliphatic rings. The van der Waals surface area contributed by atoms with Crippen LogP contribution in [0.3, 0.4) is 0 Å². The number of ether oxygens (including phenoxy) is 1. The highest BCUT2D eigenvalue weighted by Crippen LogP contribution is 2.25. The maximum Gasteiger partial charge on any atom is 0.244 e. The smallest absolute Gasteiger partial charge is 0.244 e. The summed E-state index contributed by atoms with van der Waals surface area (Å²) in [6.45, 7) is 4.16. The van der Waals surface area contributed by atoms with Crippen LogP contribution in [-0.2, 0) is 9.53 Å². The van der Waals surface area contributed by atoms with Gasteiger partial charge in [-0.25, -0.2) is 0 Å². The van der Waals surface area contributed by atoms with Gasteiger partial charge in [-0.05, 0) is 39.4 Å². The van der Waals surface area contributed by atoms with E-state index in [-0.39, 0.29) is 17.5 Å². The topological polar surface area (TPSA) is 59.4 Å². The summed E-state index contributed by atoms with van der Waals surface area (Å²) in [5, 5.41) is 7.30. The number of nitrogens with one attached hydrogen (secondary N) is 1. The van der Waals surface area contributed by atoms with Gasteiger partial charge in [-0.1, -0.05) is 6.92 Å². The molecule has 1 aromatic rings. The fourth-order valence-electron chi connectivity index (χ4n) is 2.86. The van der Waals surface area contributed by atoms with Gasteiger partial charge in [-0.2, -0.15) is 5.10 Å². The molecule has 1 amide bonds. The lowest BCUT2D eigenvalue weighted by Gasteiger charge is -2.43. The zero-order chi connectivity index (χ0) is 15.3. The van der Waals surface area contributed by atoms with Gasteiger partial charge in [0.15, 0.2) is 0 Å². The van der Waals surface area contributed by atoms with Crippen LogP contribution >= 0.6 is 0 Å². The number of carbonyl (C=O) groups excluding carboxylic acids is 1. The van der Waals surface area contributed by atoms with Gasteiger partial charge in [0.2, 0.25) is 5.91 Å². The first-order valence-electron chi connectivity index (χ1n) is 7.61. The van der Waals surface area contributed by atoms with E-state index in [0.29, 0.717) is 6.54 Å². The molecule has 0 aromatic carbocycles. The van der Waals surface area contributed by atoms with Gasteiger partial charge < -0.3 is 15.0 Å². The molecule has 0 bridgehead atoms. The Morgan fingerprint density at radius 3 is 2.71 bits per heavy atom. The first-order chi connectivity index (χ1) is 10.1. The lowest BCUT2D eigenvalue weighted by Crippen LogP contribution is -2.56. The molecular formula is C15H26N4O2. The molecule has 0 radical (unpaired) electrons. The molecular weight excluding hydrogens is 268 g/mol. The maximum atomic E-state index is 12.5. The van der Waals surface area contributed by atoms with E-state index in [1.165, 1.54) is 0 Å². The zero-order valence-corrected chi connectivity index (χ0v) is 13.2. The molecule has 6 heteroatoms. The van der Waals surface area contributed by atoms with Crippen molar-refractivity contribution in [1.29, 1.82) is 0 Å². The second-order valence-corrected chi connectivity index (χ2v) is 5.86. The number of likely N-dealkylation sites (N-methyl/N-ethyl adjacent to an activating group) is 1. The number of carbonyl (C=O) groups is 1. The van der Waals surface area contributed by atoms with Crippen molar-refractivity contribution >= 4 is 5.91 Å². The third kappa shape index (κ3) is 3.63. The summed E-state index contributed by atoms with van der Waals surface area (Å²) in [6, 6.07) is 1.61. The second kappa shape index (κ2) is 7.04. The molecule has 0 unspecified atom stereocenters. The molecule has 1 fully saturated rings. The summed E-state index contributed by atoms with van der Waals surface area (Å²) in [7, 11) is 4.14. The predicted octanol–water partition coefficient (Wildman–Crippen LogP) is 1.06. The van der Waals surface area contributed by atoms with E-state index in [4.69, 9.17) is 4.74 Å². The SMILES string of the molecule is CC[C@@H](C(=O)NCC1(N(C)C)CCOCC1)n1cccn1. The lowest BCUT2D eigenvalue weighted by atomic mass is 9.88. The van der Waals surface area contributed by atoms with Crippen LogP contribution in [0, 0.1) is 0 Å². The summed E-state index contributed by atoms with van der Waals surface area (Å²) < 4.78 is 7.18. The molecule has 0 spiro atoms. The van der Waals surface area contributed by atoms with Crippen LogP contribution in [-0.4, -0.2) is 60.0 Å². The van der Waals surface area contributed by atoms with Gasteiger partial charge in [-0.15, -0.1) is 0 Å². The molecule has 21 heavy (non-hydrogen) atoms. The monoisotopic (exact) mass is 294 g/mol. The minimum absolute atomic E-state index is 0.00365. The third-order valence-electron chi connectivity index (χ3n) is 4.50. The highest BCUT2D eigenvalue weighted by Gasteiger charge is 2.35. The van der Waals surface area contributed by atoms with Gasteiger partial charge in [0.25, 0.3) is 0 Å². The average molecular weight is 294 g/mol. The predicted molar refractivity (Wildman–Crippen MR) is 81.0 cm³/mol. The molecule has 0 aliphatic carbocycles. The summed E-state index contributed by atoms with van der Waals surface area (Å²) in [5.74, 6) is 0.0360. The fourth-order valence-corrected chi connectivity index (χ4v) is 2.86. The van der Waals surface area contributed by atoms with Crippen LogP contribution in [0.4, 0.5) is 0 Å². The molecule has 0 saturated carbocycles. The van der Waals surface area contributed by atoms with Crippen LogP contribution in [0.5, 0.6) is 0 Å². The summed E-state index contributed by atoms with van der Waals surface area (Å²) in [4.78, 5) is 14.7. The first-order valence-corrected chi connectivity index (χ1v) is 7.61. The van der Waals surface area contributed by atoms with Gasteiger partial charge in [0.1, 0.15) is 6.04 Å². The fraction of sp³-hybridized carbons (Fsp3) is 0.733. The van der Waals surface area contributed by atoms with Gasteiger partial charge >= 0.3 is 0 Å². The van der Waals surface area contributed by atoms with Crippen molar-refractivity contribution in [2.24, 2.45) is 0 Å². The van der Waals surface area contributed by atoms with Crippen molar-refractivity contribution in [2.45, 2.75) is 37.8 Å². The molecule has 1 aromatic heterocycles. The third-order valence-corrected chi connectivity index (χ3v) is 4.50. The van der Waals surface area contributed by atoms with E-state index in [0.717, 1.165) is 32.5 Å². The van der Waals surface area contributed by atoms with Crippen molar-refractivity contribution in [3.05, 3.63) is 18.5 Å². The number of aromatic nitrogens is 2. The highest BCUT2D eigenvalue weighted by atomic mass is 16.5. The summed E-state index contributed by atoms with van der Waals surface area (Å²) in [6.07, 6.45) is 6.16. The summed E-state index contributed by atoms with van der Waals surface area (Å²) >= 11 is 0. The maximum absolute atomic E-state index is 12.5. The van der Waals surface area contributed by atoms with E-state index in [1.807, 2.05) is 19.2 Å². The number of hydrogen-bond acceptors (Lipinski definition) is 4. The second-order valence-electron chi connectivity index (χ2n) is 5.86. The van der Waals surface area contributed by atoms with Gasteiger partial charge in [0.05, 0.1) is 0 Å². The number of amides is 1. The number of nitrogens with zero attached hydrogens (tertiary/aromatic N) is 3. The van der Waals surface area contributed by atoms with Crippen molar-refractivity contribution in [2.75, 3.05) is 33.9 Å². The van der Waals surface area contributed by atoms with E-state index in [1.54, 1.807) is 10.9 Å².